The Labute approximate surface area is 186 Å². The summed E-state index contributed by atoms with van der Waals surface area (Å²) in [5, 5.41) is 12.5. The normalized spacial score (nSPS) is 11.0. The van der Waals surface area contributed by atoms with Crippen LogP contribution < -0.4 is 10.1 Å². The Morgan fingerprint density at radius 1 is 1.23 bits per heavy atom. The third kappa shape index (κ3) is 5.77. The highest BCUT2D eigenvalue weighted by Gasteiger charge is 2.14. The van der Waals surface area contributed by atoms with Crippen LogP contribution in [0.1, 0.15) is 36.7 Å². The fraction of sp³-hybridized carbons (Fsp3) is 0.318. The van der Waals surface area contributed by atoms with Crippen LogP contribution in [0, 0.1) is 6.92 Å². The minimum absolute atomic E-state index is 0.135. The van der Waals surface area contributed by atoms with Crippen molar-refractivity contribution in [2.24, 2.45) is 7.05 Å². The third-order valence-electron chi connectivity index (χ3n) is 4.51. The molecule has 0 aliphatic heterocycles. The Morgan fingerprint density at radius 3 is 2.77 bits per heavy atom. The summed E-state index contributed by atoms with van der Waals surface area (Å²) in [5.41, 5.74) is 2.98. The molecule has 0 saturated carbocycles. The second kappa shape index (κ2) is 10.00. The number of amides is 1. The lowest BCUT2D eigenvalue weighted by atomic mass is 10.0. The molecule has 0 fully saturated rings. The van der Waals surface area contributed by atoms with E-state index in [0.29, 0.717) is 34.2 Å². The molecule has 0 atom stereocenters. The van der Waals surface area contributed by atoms with Gasteiger partial charge in [-0.05, 0) is 48.2 Å². The Morgan fingerprint density at radius 2 is 2.03 bits per heavy atom. The number of benzene rings is 2. The zero-order valence-corrected chi connectivity index (χ0v) is 19.0. The van der Waals surface area contributed by atoms with E-state index in [2.05, 4.69) is 41.5 Å². The second-order valence-corrected chi connectivity index (χ2v) is 8.67. The number of carbonyl (C=O) groups is 1. The van der Waals surface area contributed by atoms with Crippen molar-refractivity contribution in [3.63, 3.8) is 0 Å². The summed E-state index contributed by atoms with van der Waals surface area (Å²) in [6, 6.07) is 13.3. The van der Waals surface area contributed by atoms with E-state index in [1.54, 1.807) is 24.3 Å². The maximum absolute atomic E-state index is 12.2. The van der Waals surface area contributed by atoms with Gasteiger partial charge in [-0.1, -0.05) is 55.4 Å². The van der Waals surface area contributed by atoms with Gasteiger partial charge in [0.2, 0.25) is 5.91 Å². The predicted molar refractivity (Wildman–Crippen MR) is 121 cm³/mol. The molecule has 158 valence electrons. The summed E-state index contributed by atoms with van der Waals surface area (Å²) in [7, 11) is 1.87. The molecule has 3 aromatic rings. The molecule has 0 aliphatic rings. The second-order valence-electron chi connectivity index (χ2n) is 7.29. The van der Waals surface area contributed by atoms with Gasteiger partial charge in [-0.25, -0.2) is 0 Å². The molecule has 0 spiro atoms. The van der Waals surface area contributed by atoms with Crippen molar-refractivity contribution in [3.05, 3.63) is 64.4 Å². The van der Waals surface area contributed by atoms with Crippen LogP contribution >= 0.6 is 23.4 Å². The van der Waals surface area contributed by atoms with Gasteiger partial charge in [0.25, 0.3) is 0 Å². The van der Waals surface area contributed by atoms with Gasteiger partial charge >= 0.3 is 0 Å². The zero-order chi connectivity index (χ0) is 21.7. The highest BCUT2D eigenvalue weighted by molar-refractivity contribution is 7.99. The number of halogens is 1. The van der Waals surface area contributed by atoms with Crippen LogP contribution in [0.4, 0.5) is 5.69 Å². The molecule has 0 aliphatic carbocycles. The average molecular weight is 445 g/mol. The van der Waals surface area contributed by atoms with Gasteiger partial charge < -0.3 is 14.6 Å². The molecule has 1 amide bonds. The number of anilines is 1. The van der Waals surface area contributed by atoms with E-state index < -0.39 is 0 Å². The molecule has 30 heavy (non-hydrogen) atoms. The Kier molecular flexibility index (Phi) is 7.39. The topological polar surface area (TPSA) is 69.0 Å². The van der Waals surface area contributed by atoms with E-state index >= 15 is 0 Å². The number of rotatable bonds is 8. The summed E-state index contributed by atoms with van der Waals surface area (Å²) in [4.78, 5) is 12.2. The first kappa shape index (κ1) is 22.2. The van der Waals surface area contributed by atoms with Crippen molar-refractivity contribution in [3.8, 4) is 5.75 Å². The number of thioether (sulfide) groups is 1. The van der Waals surface area contributed by atoms with E-state index in [9.17, 15) is 4.79 Å². The van der Waals surface area contributed by atoms with E-state index in [4.69, 9.17) is 16.3 Å². The summed E-state index contributed by atoms with van der Waals surface area (Å²) in [6.45, 7) is 6.64. The first-order valence-corrected chi connectivity index (χ1v) is 11.0. The highest BCUT2D eigenvalue weighted by Crippen LogP contribution is 2.28. The summed E-state index contributed by atoms with van der Waals surface area (Å²) in [5.74, 6) is 2.01. The van der Waals surface area contributed by atoms with E-state index in [-0.39, 0.29) is 11.7 Å². The van der Waals surface area contributed by atoms with Gasteiger partial charge in [-0.15, -0.1) is 10.2 Å². The standard InChI is InChI=1S/C22H25ClN4O2S/c1-14(2)18-9-8-15(3)10-19(18)29-12-20-25-26-22(27(20)4)30-13-21(28)24-17-7-5-6-16(23)11-17/h5-11,14H,12-13H2,1-4H3,(H,24,28). The number of nitrogens with one attached hydrogen (secondary N) is 1. The Balaban J connectivity index is 1.58. The number of ether oxygens (including phenoxy) is 1. The van der Waals surface area contributed by atoms with Crippen molar-refractivity contribution in [1.82, 2.24) is 14.8 Å². The van der Waals surface area contributed by atoms with Gasteiger partial charge in [0.05, 0.1) is 5.75 Å². The molecule has 0 bridgehead atoms. The van der Waals surface area contributed by atoms with Crippen molar-refractivity contribution in [2.45, 2.75) is 38.5 Å². The monoisotopic (exact) mass is 444 g/mol. The molecule has 0 saturated heterocycles. The van der Waals surface area contributed by atoms with Crippen LogP contribution in [0.25, 0.3) is 0 Å². The number of hydrogen-bond acceptors (Lipinski definition) is 5. The SMILES string of the molecule is Cc1ccc(C(C)C)c(OCc2nnc(SCC(=O)Nc3cccc(Cl)c3)n2C)c1. The van der Waals surface area contributed by atoms with Crippen LogP contribution in [0.3, 0.4) is 0 Å². The maximum atomic E-state index is 12.2. The number of aromatic nitrogens is 3. The summed E-state index contributed by atoms with van der Waals surface area (Å²) < 4.78 is 7.90. The van der Waals surface area contributed by atoms with Crippen LogP contribution in [0.2, 0.25) is 5.02 Å². The summed E-state index contributed by atoms with van der Waals surface area (Å²) >= 11 is 7.26. The number of hydrogen-bond donors (Lipinski definition) is 1. The molecule has 1 heterocycles. The minimum Gasteiger partial charge on any atom is -0.485 e. The maximum Gasteiger partial charge on any atom is 0.234 e. The van der Waals surface area contributed by atoms with Gasteiger partial charge in [-0.3, -0.25) is 4.79 Å². The van der Waals surface area contributed by atoms with Crippen LogP contribution in [0.15, 0.2) is 47.6 Å². The predicted octanol–water partition coefficient (Wildman–Crippen LogP) is 5.21. The average Bonchev–Trinajstić information content (AvgIpc) is 3.04. The van der Waals surface area contributed by atoms with Gasteiger partial charge in [0, 0.05) is 17.8 Å². The molecular formula is C22H25ClN4O2S. The lowest BCUT2D eigenvalue weighted by molar-refractivity contribution is -0.113. The van der Waals surface area contributed by atoms with E-state index in [0.717, 1.165) is 16.9 Å². The van der Waals surface area contributed by atoms with Crippen molar-refractivity contribution in [1.29, 1.82) is 0 Å². The zero-order valence-electron chi connectivity index (χ0n) is 17.5. The van der Waals surface area contributed by atoms with Crippen LogP contribution in [-0.4, -0.2) is 26.4 Å². The molecule has 6 nitrogen and oxygen atoms in total. The molecular weight excluding hydrogens is 420 g/mol. The Bertz CT molecular complexity index is 1040. The molecule has 3 rings (SSSR count). The molecule has 1 N–H and O–H groups in total. The lowest BCUT2D eigenvalue weighted by Crippen LogP contribution is -2.14. The molecule has 1 aromatic heterocycles. The minimum atomic E-state index is -0.135. The molecule has 0 unspecified atom stereocenters. The smallest absolute Gasteiger partial charge is 0.234 e. The fourth-order valence-corrected chi connectivity index (χ4v) is 3.80. The number of carbonyl (C=O) groups excluding carboxylic acids is 1. The highest BCUT2D eigenvalue weighted by atomic mass is 35.5. The molecule has 2 aromatic carbocycles. The van der Waals surface area contributed by atoms with E-state index in [1.807, 2.05) is 24.6 Å². The fourth-order valence-electron chi connectivity index (χ4n) is 2.88. The quantitative estimate of drug-likeness (QED) is 0.483. The van der Waals surface area contributed by atoms with Crippen molar-refractivity contribution in [2.75, 3.05) is 11.1 Å². The van der Waals surface area contributed by atoms with Crippen molar-refractivity contribution < 1.29 is 9.53 Å². The van der Waals surface area contributed by atoms with Gasteiger partial charge in [0.1, 0.15) is 12.4 Å². The lowest BCUT2D eigenvalue weighted by Gasteiger charge is -2.14. The van der Waals surface area contributed by atoms with Gasteiger partial charge in [0.15, 0.2) is 11.0 Å². The number of nitrogens with zero attached hydrogens (tertiary/aromatic N) is 3. The largest absolute Gasteiger partial charge is 0.485 e. The first-order chi connectivity index (χ1) is 14.3. The Hall–Kier alpha value is -2.51. The van der Waals surface area contributed by atoms with Gasteiger partial charge in [-0.2, -0.15) is 0 Å². The molecule has 8 heteroatoms. The number of aryl methyl sites for hydroxylation is 1. The third-order valence-corrected chi connectivity index (χ3v) is 5.77. The summed E-state index contributed by atoms with van der Waals surface area (Å²) in [6.07, 6.45) is 0. The van der Waals surface area contributed by atoms with E-state index in [1.165, 1.54) is 11.8 Å². The van der Waals surface area contributed by atoms with Crippen LogP contribution in [0.5, 0.6) is 5.75 Å². The molecule has 0 radical (unpaired) electrons. The van der Waals surface area contributed by atoms with Crippen molar-refractivity contribution >= 4 is 35.0 Å². The van der Waals surface area contributed by atoms with Crippen LogP contribution in [-0.2, 0) is 18.4 Å². The first-order valence-electron chi connectivity index (χ1n) is 9.63.